The van der Waals surface area contributed by atoms with Crippen LogP contribution in [0.15, 0.2) is 10.6 Å². The Balaban J connectivity index is 1.67. The standard InChI is InChI=1S/C18H21N3O3/c1-10-9-15(24-20-10)13-6-4-8-21(13)18(23)17-11(2)16-12(19-17)5-3-7-14(16)22/h9,13,19H,3-8H2,1-2H3/t13-/m1/s1. The summed E-state index contributed by atoms with van der Waals surface area (Å²) in [4.78, 5) is 30.4. The molecule has 2 aliphatic rings. The lowest BCUT2D eigenvalue weighted by Gasteiger charge is -2.22. The highest BCUT2D eigenvalue weighted by Crippen LogP contribution is 2.35. The fourth-order valence-electron chi connectivity index (χ4n) is 3.98. The molecule has 1 aliphatic carbocycles. The van der Waals surface area contributed by atoms with E-state index in [2.05, 4.69) is 10.1 Å². The van der Waals surface area contributed by atoms with E-state index >= 15 is 0 Å². The van der Waals surface area contributed by atoms with E-state index in [9.17, 15) is 9.59 Å². The van der Waals surface area contributed by atoms with Gasteiger partial charge in [0.15, 0.2) is 11.5 Å². The molecule has 3 heterocycles. The van der Waals surface area contributed by atoms with Gasteiger partial charge in [-0.05, 0) is 45.1 Å². The quantitative estimate of drug-likeness (QED) is 0.919. The Morgan fingerprint density at radius 1 is 1.33 bits per heavy atom. The van der Waals surface area contributed by atoms with Crippen molar-refractivity contribution in [1.29, 1.82) is 0 Å². The monoisotopic (exact) mass is 327 g/mol. The highest BCUT2D eigenvalue weighted by molar-refractivity contribution is 6.04. The predicted molar refractivity (Wildman–Crippen MR) is 87.0 cm³/mol. The van der Waals surface area contributed by atoms with Crippen molar-refractivity contribution in [3.8, 4) is 0 Å². The second kappa shape index (κ2) is 5.61. The first kappa shape index (κ1) is 15.2. The Labute approximate surface area is 140 Å². The van der Waals surface area contributed by atoms with Gasteiger partial charge in [0.1, 0.15) is 5.69 Å². The normalized spacial score (nSPS) is 20.5. The van der Waals surface area contributed by atoms with E-state index in [1.54, 1.807) is 0 Å². The summed E-state index contributed by atoms with van der Waals surface area (Å²) in [5.74, 6) is 0.836. The molecule has 24 heavy (non-hydrogen) atoms. The van der Waals surface area contributed by atoms with Crippen LogP contribution in [0, 0.1) is 13.8 Å². The maximum Gasteiger partial charge on any atom is 0.271 e. The van der Waals surface area contributed by atoms with Crippen molar-refractivity contribution in [1.82, 2.24) is 15.0 Å². The van der Waals surface area contributed by atoms with Crippen LogP contribution in [0.1, 0.15) is 75.3 Å². The largest absolute Gasteiger partial charge is 0.359 e. The SMILES string of the molecule is Cc1cc([C@H]2CCCN2C(=O)c2[nH]c3c(c2C)C(=O)CCC3)on1. The predicted octanol–water partition coefficient (Wildman–Crippen LogP) is 3.12. The maximum atomic E-state index is 13.1. The van der Waals surface area contributed by atoms with Gasteiger partial charge in [-0.15, -0.1) is 0 Å². The van der Waals surface area contributed by atoms with Gasteiger partial charge in [-0.25, -0.2) is 0 Å². The zero-order valence-electron chi connectivity index (χ0n) is 14.0. The lowest BCUT2D eigenvalue weighted by atomic mass is 9.93. The first-order valence-corrected chi connectivity index (χ1v) is 8.55. The van der Waals surface area contributed by atoms with Crippen molar-refractivity contribution in [3.05, 3.63) is 40.0 Å². The van der Waals surface area contributed by atoms with Crippen LogP contribution in [0.3, 0.4) is 0 Å². The average Bonchev–Trinajstić information content (AvgIpc) is 3.25. The molecule has 0 saturated carbocycles. The number of carbonyl (C=O) groups excluding carboxylic acids is 2. The maximum absolute atomic E-state index is 13.1. The van der Waals surface area contributed by atoms with Crippen molar-refractivity contribution in [3.63, 3.8) is 0 Å². The second-order valence-corrected chi connectivity index (χ2v) is 6.78. The van der Waals surface area contributed by atoms with Crippen LogP contribution < -0.4 is 0 Å². The molecular formula is C18H21N3O3. The highest BCUT2D eigenvalue weighted by Gasteiger charge is 2.36. The molecule has 0 unspecified atom stereocenters. The molecule has 6 nitrogen and oxygen atoms in total. The number of aromatic amines is 1. The Hall–Kier alpha value is -2.37. The van der Waals surface area contributed by atoms with Crippen molar-refractivity contribution in [2.45, 2.75) is 52.0 Å². The minimum Gasteiger partial charge on any atom is -0.359 e. The number of H-pyrrole nitrogens is 1. The number of rotatable bonds is 2. The first-order valence-electron chi connectivity index (χ1n) is 8.55. The third-order valence-corrected chi connectivity index (χ3v) is 5.14. The fraction of sp³-hybridized carbons (Fsp3) is 0.500. The van der Waals surface area contributed by atoms with E-state index < -0.39 is 0 Å². The van der Waals surface area contributed by atoms with Gasteiger partial charge in [0, 0.05) is 30.3 Å². The number of nitrogens with one attached hydrogen (secondary N) is 1. The molecule has 1 amide bonds. The Morgan fingerprint density at radius 2 is 2.17 bits per heavy atom. The molecule has 1 fully saturated rings. The zero-order chi connectivity index (χ0) is 16.8. The number of amides is 1. The van der Waals surface area contributed by atoms with Gasteiger partial charge < -0.3 is 14.4 Å². The molecule has 126 valence electrons. The smallest absolute Gasteiger partial charge is 0.271 e. The van der Waals surface area contributed by atoms with Gasteiger partial charge in [-0.2, -0.15) is 0 Å². The lowest BCUT2D eigenvalue weighted by molar-refractivity contribution is 0.0708. The van der Waals surface area contributed by atoms with Crippen LogP contribution in [0.25, 0.3) is 0 Å². The van der Waals surface area contributed by atoms with Crippen LogP contribution in [0.4, 0.5) is 0 Å². The molecule has 6 heteroatoms. The second-order valence-electron chi connectivity index (χ2n) is 6.78. The van der Waals surface area contributed by atoms with Gasteiger partial charge in [0.05, 0.1) is 11.7 Å². The van der Waals surface area contributed by atoms with E-state index in [1.165, 1.54) is 0 Å². The fourth-order valence-corrected chi connectivity index (χ4v) is 3.98. The van der Waals surface area contributed by atoms with Gasteiger partial charge in [-0.1, -0.05) is 5.16 Å². The zero-order valence-corrected chi connectivity index (χ0v) is 14.0. The molecule has 0 spiro atoms. The topological polar surface area (TPSA) is 79.2 Å². The molecule has 2 aromatic rings. The first-order chi connectivity index (χ1) is 11.6. The van der Waals surface area contributed by atoms with Crippen molar-refractivity contribution in [2.75, 3.05) is 6.54 Å². The molecular weight excluding hydrogens is 306 g/mol. The summed E-state index contributed by atoms with van der Waals surface area (Å²) in [7, 11) is 0. The Kier molecular flexibility index (Phi) is 3.55. The van der Waals surface area contributed by atoms with E-state index in [-0.39, 0.29) is 17.7 Å². The van der Waals surface area contributed by atoms with E-state index in [0.717, 1.165) is 54.0 Å². The summed E-state index contributed by atoms with van der Waals surface area (Å²) in [6, 6.07) is 1.82. The number of hydrogen-bond donors (Lipinski definition) is 1. The number of hydrogen-bond acceptors (Lipinski definition) is 4. The summed E-state index contributed by atoms with van der Waals surface area (Å²) < 4.78 is 5.38. The lowest BCUT2D eigenvalue weighted by Crippen LogP contribution is -2.31. The number of fused-ring (bicyclic) bond motifs is 1. The number of aromatic nitrogens is 2. The molecule has 4 rings (SSSR count). The molecule has 0 radical (unpaired) electrons. The number of ketones is 1. The molecule has 2 aromatic heterocycles. The number of Topliss-reactive ketones (excluding diaryl/α,β-unsaturated/α-hetero) is 1. The minimum absolute atomic E-state index is 0.0498. The van der Waals surface area contributed by atoms with Crippen LogP contribution in [-0.2, 0) is 6.42 Å². The van der Waals surface area contributed by atoms with Crippen LogP contribution in [0.5, 0.6) is 0 Å². The Morgan fingerprint density at radius 3 is 2.88 bits per heavy atom. The summed E-state index contributed by atoms with van der Waals surface area (Å²) in [6.45, 7) is 4.44. The number of likely N-dealkylation sites (tertiary alicyclic amines) is 1. The summed E-state index contributed by atoms with van der Waals surface area (Å²) >= 11 is 0. The highest BCUT2D eigenvalue weighted by atomic mass is 16.5. The van der Waals surface area contributed by atoms with Crippen molar-refractivity contribution >= 4 is 11.7 Å². The number of carbonyl (C=O) groups is 2. The Bertz CT molecular complexity index is 818. The van der Waals surface area contributed by atoms with Gasteiger partial charge in [0.2, 0.25) is 0 Å². The number of aryl methyl sites for hydroxylation is 2. The van der Waals surface area contributed by atoms with Crippen molar-refractivity contribution in [2.24, 2.45) is 0 Å². The van der Waals surface area contributed by atoms with Gasteiger partial charge in [0.25, 0.3) is 5.91 Å². The molecule has 0 aromatic carbocycles. The summed E-state index contributed by atoms with van der Waals surface area (Å²) in [5, 5.41) is 3.94. The van der Waals surface area contributed by atoms with E-state index in [1.807, 2.05) is 24.8 Å². The molecule has 1 saturated heterocycles. The minimum atomic E-state index is -0.0749. The van der Waals surface area contributed by atoms with E-state index in [0.29, 0.717) is 18.7 Å². The molecule has 1 aliphatic heterocycles. The summed E-state index contributed by atoms with van der Waals surface area (Å²) in [6.07, 6.45) is 4.07. The van der Waals surface area contributed by atoms with Gasteiger partial charge >= 0.3 is 0 Å². The number of nitrogens with zero attached hydrogens (tertiary/aromatic N) is 2. The third-order valence-electron chi connectivity index (χ3n) is 5.14. The van der Waals surface area contributed by atoms with Crippen LogP contribution in [-0.4, -0.2) is 33.3 Å². The van der Waals surface area contributed by atoms with Crippen LogP contribution in [0.2, 0.25) is 0 Å². The van der Waals surface area contributed by atoms with Gasteiger partial charge in [-0.3, -0.25) is 9.59 Å². The molecule has 1 atom stereocenters. The van der Waals surface area contributed by atoms with Crippen molar-refractivity contribution < 1.29 is 14.1 Å². The molecule has 1 N–H and O–H groups in total. The average molecular weight is 327 g/mol. The van der Waals surface area contributed by atoms with Crippen LogP contribution >= 0.6 is 0 Å². The summed E-state index contributed by atoms with van der Waals surface area (Å²) in [5.41, 5.74) is 3.81. The third kappa shape index (κ3) is 2.28. The van der Waals surface area contributed by atoms with E-state index in [4.69, 9.17) is 4.52 Å². The molecule has 0 bridgehead atoms.